The molecule has 0 atom stereocenters. The van der Waals surface area contributed by atoms with E-state index in [9.17, 15) is 9.30 Å². The van der Waals surface area contributed by atoms with Crippen molar-refractivity contribution in [2.75, 3.05) is 12.8 Å². The summed E-state index contributed by atoms with van der Waals surface area (Å²) in [5.41, 5.74) is 5.26. The van der Waals surface area contributed by atoms with Crippen LogP contribution >= 0.6 is 0 Å². The van der Waals surface area contributed by atoms with Crippen LogP contribution in [0.3, 0.4) is 0 Å². The monoisotopic (exact) mass is 170 g/mol. The molecule has 0 aromatic heterocycles. The molecule has 0 amide bonds. The van der Waals surface area contributed by atoms with Crippen molar-refractivity contribution in [3.63, 3.8) is 0 Å². The zero-order valence-corrected chi connectivity index (χ0v) is 6.37. The minimum atomic E-state index is -0.740. The Morgan fingerprint density at radius 2 is 2.25 bits per heavy atom. The molecule has 5 heteroatoms. The van der Waals surface area contributed by atoms with Gasteiger partial charge in [0.05, 0.1) is 12.8 Å². The number of nitroso groups, excluding NO2 is 1. The van der Waals surface area contributed by atoms with Crippen molar-refractivity contribution in [2.45, 2.75) is 0 Å². The number of nitrogens with zero attached hydrogens (tertiary/aromatic N) is 1. The Bertz CT molecular complexity index is 315. The summed E-state index contributed by atoms with van der Waals surface area (Å²) in [6.45, 7) is 0. The quantitative estimate of drug-likeness (QED) is 0.543. The summed E-state index contributed by atoms with van der Waals surface area (Å²) in [6, 6.07) is 2.15. The first kappa shape index (κ1) is 8.45. The van der Waals surface area contributed by atoms with Gasteiger partial charge in [0.1, 0.15) is 11.4 Å². The predicted molar refractivity (Wildman–Crippen MR) is 42.8 cm³/mol. The van der Waals surface area contributed by atoms with E-state index in [1.54, 1.807) is 0 Å². The minimum Gasteiger partial charge on any atom is -0.494 e. The first-order valence-corrected chi connectivity index (χ1v) is 3.15. The first-order valence-electron chi connectivity index (χ1n) is 3.15. The molecule has 1 aromatic carbocycles. The fourth-order valence-electron chi connectivity index (χ4n) is 0.806. The van der Waals surface area contributed by atoms with Gasteiger partial charge in [-0.3, -0.25) is 0 Å². The maximum absolute atomic E-state index is 12.8. The van der Waals surface area contributed by atoms with Crippen LogP contribution in [0.4, 0.5) is 15.8 Å². The number of nitrogen functional groups attached to an aromatic ring is 1. The zero-order chi connectivity index (χ0) is 9.14. The van der Waals surface area contributed by atoms with Crippen LogP contribution in [0.25, 0.3) is 0 Å². The number of ether oxygens (including phenoxy) is 1. The molecule has 0 bridgehead atoms. The van der Waals surface area contributed by atoms with Gasteiger partial charge in [-0.05, 0) is 11.2 Å². The van der Waals surface area contributed by atoms with Crippen LogP contribution in [-0.2, 0) is 0 Å². The first-order chi connectivity index (χ1) is 5.69. The summed E-state index contributed by atoms with van der Waals surface area (Å²) in [7, 11) is 1.36. The van der Waals surface area contributed by atoms with E-state index in [-0.39, 0.29) is 17.1 Å². The van der Waals surface area contributed by atoms with Crippen LogP contribution in [0.2, 0.25) is 0 Å². The molecule has 0 heterocycles. The Kier molecular flexibility index (Phi) is 2.23. The number of methoxy groups -OCH3 is 1. The summed E-state index contributed by atoms with van der Waals surface area (Å²) in [4.78, 5) is 9.99. The van der Waals surface area contributed by atoms with Gasteiger partial charge in [0, 0.05) is 6.07 Å². The highest BCUT2D eigenvalue weighted by Crippen LogP contribution is 2.29. The predicted octanol–water partition coefficient (Wildman–Crippen LogP) is 1.81. The highest BCUT2D eigenvalue weighted by Gasteiger charge is 2.07. The zero-order valence-electron chi connectivity index (χ0n) is 6.37. The Hall–Kier alpha value is -1.65. The summed E-state index contributed by atoms with van der Waals surface area (Å²) >= 11 is 0. The van der Waals surface area contributed by atoms with E-state index in [1.165, 1.54) is 7.11 Å². The topological polar surface area (TPSA) is 64.7 Å². The average molecular weight is 170 g/mol. The molecule has 0 radical (unpaired) electrons. The van der Waals surface area contributed by atoms with Gasteiger partial charge < -0.3 is 10.5 Å². The van der Waals surface area contributed by atoms with Crippen LogP contribution in [0.5, 0.6) is 5.75 Å². The van der Waals surface area contributed by atoms with E-state index in [1.807, 2.05) is 0 Å². The standard InChI is InChI=1S/C7H7FN2O2/c1-12-7-2-4(8)6(10-11)3-5(7)9/h2-3H,9H2,1H3. The van der Waals surface area contributed by atoms with Gasteiger partial charge in [-0.15, -0.1) is 4.91 Å². The van der Waals surface area contributed by atoms with Gasteiger partial charge in [-0.2, -0.15) is 0 Å². The average Bonchev–Trinajstić information content (AvgIpc) is 2.08. The molecule has 1 rings (SSSR count). The van der Waals surface area contributed by atoms with Crippen molar-refractivity contribution in [2.24, 2.45) is 5.18 Å². The lowest BCUT2D eigenvalue weighted by Crippen LogP contribution is -1.92. The number of hydrogen-bond donors (Lipinski definition) is 1. The highest BCUT2D eigenvalue weighted by molar-refractivity contribution is 5.60. The molecular formula is C7H7FN2O2. The van der Waals surface area contributed by atoms with Gasteiger partial charge in [-0.1, -0.05) is 0 Å². The summed E-state index contributed by atoms with van der Waals surface area (Å²) < 4.78 is 17.5. The second-order valence-electron chi connectivity index (χ2n) is 2.14. The number of hydrogen-bond acceptors (Lipinski definition) is 4. The van der Waals surface area contributed by atoms with Crippen LogP contribution in [0.1, 0.15) is 0 Å². The molecule has 4 nitrogen and oxygen atoms in total. The largest absolute Gasteiger partial charge is 0.494 e. The van der Waals surface area contributed by atoms with Crippen molar-refractivity contribution < 1.29 is 9.13 Å². The van der Waals surface area contributed by atoms with Gasteiger partial charge in [0.2, 0.25) is 0 Å². The third kappa shape index (κ3) is 1.34. The fraction of sp³-hybridized carbons (Fsp3) is 0.143. The summed E-state index contributed by atoms with van der Waals surface area (Å²) in [6.07, 6.45) is 0. The highest BCUT2D eigenvalue weighted by atomic mass is 19.1. The summed E-state index contributed by atoms with van der Waals surface area (Å²) in [5, 5.41) is 2.45. The van der Waals surface area contributed by atoms with Crippen LogP contribution in [0.15, 0.2) is 17.3 Å². The van der Waals surface area contributed by atoms with Crippen LogP contribution in [-0.4, -0.2) is 7.11 Å². The smallest absolute Gasteiger partial charge is 0.156 e. The number of rotatable bonds is 2. The molecule has 1 aromatic rings. The maximum Gasteiger partial charge on any atom is 0.156 e. The van der Waals surface area contributed by atoms with E-state index >= 15 is 0 Å². The molecule has 64 valence electrons. The van der Waals surface area contributed by atoms with Crippen molar-refractivity contribution in [1.82, 2.24) is 0 Å². The molecule has 0 spiro atoms. The Morgan fingerprint density at radius 1 is 1.58 bits per heavy atom. The third-order valence-electron chi connectivity index (χ3n) is 1.40. The second kappa shape index (κ2) is 3.17. The van der Waals surface area contributed by atoms with E-state index in [0.29, 0.717) is 0 Å². The number of anilines is 1. The molecule has 2 N–H and O–H groups in total. The van der Waals surface area contributed by atoms with Gasteiger partial charge in [0.25, 0.3) is 0 Å². The molecule has 0 aliphatic heterocycles. The molecule has 0 fully saturated rings. The van der Waals surface area contributed by atoms with Gasteiger partial charge in [-0.25, -0.2) is 4.39 Å². The molecule has 0 aliphatic rings. The van der Waals surface area contributed by atoms with Crippen molar-refractivity contribution in [3.8, 4) is 5.75 Å². The molecule has 12 heavy (non-hydrogen) atoms. The van der Waals surface area contributed by atoms with Crippen molar-refractivity contribution in [3.05, 3.63) is 22.9 Å². The normalized spacial score (nSPS) is 9.50. The Labute approximate surface area is 68.1 Å². The molecule has 0 unspecified atom stereocenters. The number of halogens is 1. The number of nitrogens with two attached hydrogens (primary N) is 1. The van der Waals surface area contributed by atoms with Crippen LogP contribution < -0.4 is 10.5 Å². The lowest BCUT2D eigenvalue weighted by molar-refractivity contribution is 0.413. The second-order valence-corrected chi connectivity index (χ2v) is 2.14. The SMILES string of the molecule is COc1cc(F)c(N=O)cc1N. The van der Waals surface area contributed by atoms with Gasteiger partial charge in [0.15, 0.2) is 5.82 Å². The lowest BCUT2D eigenvalue weighted by atomic mass is 10.2. The van der Waals surface area contributed by atoms with Crippen LogP contribution in [0, 0.1) is 10.7 Å². The number of benzene rings is 1. The molecule has 0 saturated heterocycles. The molecule has 0 saturated carbocycles. The molecular weight excluding hydrogens is 163 g/mol. The van der Waals surface area contributed by atoms with Gasteiger partial charge >= 0.3 is 0 Å². The van der Waals surface area contributed by atoms with Crippen molar-refractivity contribution in [1.29, 1.82) is 0 Å². The van der Waals surface area contributed by atoms with E-state index < -0.39 is 5.82 Å². The molecule has 0 aliphatic carbocycles. The van der Waals surface area contributed by atoms with E-state index in [2.05, 4.69) is 5.18 Å². The van der Waals surface area contributed by atoms with E-state index in [0.717, 1.165) is 12.1 Å². The van der Waals surface area contributed by atoms with E-state index in [4.69, 9.17) is 10.5 Å². The lowest BCUT2D eigenvalue weighted by Gasteiger charge is -2.03. The fourth-order valence-corrected chi connectivity index (χ4v) is 0.806. The Morgan fingerprint density at radius 3 is 2.75 bits per heavy atom. The maximum atomic E-state index is 12.8. The summed E-state index contributed by atoms with van der Waals surface area (Å²) in [5.74, 6) is -0.545. The minimum absolute atomic E-state index is 0.188. The van der Waals surface area contributed by atoms with Crippen molar-refractivity contribution >= 4 is 11.4 Å². The third-order valence-corrected chi connectivity index (χ3v) is 1.40. The Balaban J connectivity index is 3.25.